The van der Waals surface area contributed by atoms with Crippen LogP contribution >= 0.6 is 0 Å². The number of anilines is 1. The summed E-state index contributed by atoms with van der Waals surface area (Å²) < 4.78 is 8.88. The van der Waals surface area contributed by atoms with Crippen molar-refractivity contribution in [3.8, 4) is 23.3 Å². The molecule has 12 nitrogen and oxygen atoms in total. The highest BCUT2D eigenvalue weighted by atomic mass is 16.5. The maximum atomic E-state index is 13.8. The number of aliphatic hydroxyl groups is 1. The Bertz CT molecular complexity index is 1770. The Kier molecular flexibility index (Phi) is 6.76. The lowest BCUT2D eigenvalue weighted by molar-refractivity contribution is -0.132. The highest BCUT2D eigenvalue weighted by Crippen LogP contribution is 2.30. The Balaban J connectivity index is 1.25. The van der Waals surface area contributed by atoms with Crippen LogP contribution in [0.15, 0.2) is 77.4 Å². The lowest BCUT2D eigenvalue weighted by Crippen LogP contribution is -2.59. The number of para-hydroxylation sites is 1. The summed E-state index contributed by atoms with van der Waals surface area (Å²) in [5.41, 5.74) is 6.63. The van der Waals surface area contributed by atoms with E-state index in [1.54, 1.807) is 30.3 Å². The molecule has 6 rings (SSSR count). The number of amides is 1. The van der Waals surface area contributed by atoms with Gasteiger partial charge < -0.3 is 20.5 Å². The zero-order chi connectivity index (χ0) is 29.6. The molecule has 2 aromatic carbocycles. The second-order valence-electron chi connectivity index (χ2n) is 11.1. The molecule has 12 heteroatoms. The number of nitrogen functional groups attached to an aromatic ring is 1. The first-order valence-electron chi connectivity index (χ1n) is 13.6. The van der Waals surface area contributed by atoms with Crippen molar-refractivity contribution in [3.63, 3.8) is 0 Å². The summed E-state index contributed by atoms with van der Waals surface area (Å²) in [6, 6.07) is 18.1. The zero-order valence-corrected chi connectivity index (χ0v) is 23.2. The second-order valence-corrected chi connectivity index (χ2v) is 11.1. The van der Waals surface area contributed by atoms with Crippen molar-refractivity contribution in [2.24, 2.45) is 0 Å². The van der Waals surface area contributed by atoms with Gasteiger partial charge in [0.05, 0.1) is 17.8 Å². The molecule has 214 valence electrons. The number of carbonyl (C=O) groups excluding carboxylic acids is 1. The number of aromatic nitrogens is 4. The maximum Gasteiger partial charge on any atom is 0.335 e. The minimum absolute atomic E-state index is 0.0268. The molecule has 0 bridgehead atoms. The minimum Gasteiger partial charge on any atom is -0.457 e. The quantitative estimate of drug-likeness (QED) is 0.253. The van der Waals surface area contributed by atoms with E-state index in [-0.39, 0.29) is 36.2 Å². The molecule has 2 aliphatic heterocycles. The number of fused-ring (bicyclic) bond motifs is 1. The van der Waals surface area contributed by atoms with Crippen molar-refractivity contribution in [2.75, 3.05) is 31.9 Å². The van der Waals surface area contributed by atoms with Gasteiger partial charge in [-0.1, -0.05) is 18.2 Å². The number of nitrogens with two attached hydrogens (primary N) is 1. The number of hydrogen-bond donors (Lipinski definition) is 2. The molecule has 0 atom stereocenters. The Labute approximate surface area is 241 Å². The first-order valence-corrected chi connectivity index (χ1v) is 13.6. The summed E-state index contributed by atoms with van der Waals surface area (Å²) in [6.07, 6.45) is 2.56. The van der Waals surface area contributed by atoms with E-state index in [1.807, 2.05) is 55.1 Å². The lowest BCUT2D eigenvalue weighted by atomic mass is 9.93. The lowest BCUT2D eigenvalue weighted by Gasteiger charge is -2.46. The number of carbonyl (C=O) groups is 1. The molecule has 4 aromatic rings. The number of aliphatic hydroxyl groups excluding tert-OH is 1. The van der Waals surface area contributed by atoms with Gasteiger partial charge in [-0.3, -0.25) is 18.8 Å². The van der Waals surface area contributed by atoms with E-state index in [0.29, 0.717) is 41.4 Å². The van der Waals surface area contributed by atoms with Gasteiger partial charge in [-0.2, -0.15) is 5.26 Å². The van der Waals surface area contributed by atoms with Crippen LogP contribution in [0.1, 0.15) is 19.9 Å². The third-order valence-corrected chi connectivity index (χ3v) is 7.79. The normalized spacial score (nSPS) is 16.6. The topological polar surface area (TPSA) is 156 Å². The van der Waals surface area contributed by atoms with Crippen molar-refractivity contribution >= 4 is 22.9 Å². The molecule has 2 aliphatic rings. The number of nitrogens with zero attached hydrogens (tertiary/aromatic N) is 7. The molecule has 2 aromatic heterocycles. The van der Waals surface area contributed by atoms with Gasteiger partial charge in [0.1, 0.15) is 35.0 Å². The van der Waals surface area contributed by atoms with Crippen molar-refractivity contribution < 1.29 is 14.6 Å². The summed E-state index contributed by atoms with van der Waals surface area (Å²) in [4.78, 5) is 39.1. The monoisotopic (exact) mass is 566 g/mol. The first-order chi connectivity index (χ1) is 20.2. The van der Waals surface area contributed by atoms with Crippen molar-refractivity contribution in [1.82, 2.24) is 28.9 Å². The van der Waals surface area contributed by atoms with E-state index >= 15 is 0 Å². The van der Waals surface area contributed by atoms with Crippen LogP contribution in [0.4, 0.5) is 5.82 Å². The Morgan fingerprint density at radius 3 is 2.38 bits per heavy atom. The van der Waals surface area contributed by atoms with Crippen molar-refractivity contribution in [3.05, 3.63) is 83.1 Å². The molecule has 0 saturated carbocycles. The zero-order valence-electron chi connectivity index (χ0n) is 23.2. The molecule has 0 radical (unpaired) electrons. The van der Waals surface area contributed by atoms with Crippen LogP contribution in [0.2, 0.25) is 0 Å². The Morgan fingerprint density at radius 2 is 1.74 bits per heavy atom. The fraction of sp³-hybridized carbons (Fsp3) is 0.300. The fourth-order valence-corrected chi connectivity index (χ4v) is 5.39. The molecular formula is C30H30N8O4. The highest BCUT2D eigenvalue weighted by Gasteiger charge is 2.39. The highest BCUT2D eigenvalue weighted by molar-refractivity contribution is 5.98. The molecular weight excluding hydrogens is 536 g/mol. The Hall–Kier alpha value is -4.99. The van der Waals surface area contributed by atoms with Gasteiger partial charge in [-0.05, 0) is 56.3 Å². The van der Waals surface area contributed by atoms with Crippen LogP contribution in [0.5, 0.6) is 11.5 Å². The summed E-state index contributed by atoms with van der Waals surface area (Å²) in [7, 11) is 0. The SMILES string of the molecule is CC(C)(C=C(C#N)C(=O)N1CC(n2c(=O)n(-c3ccc(Oc4ccccc4)cc3)c3c(N)ncnc32)C1)N1CC(O)C1. The molecule has 4 heterocycles. The van der Waals surface area contributed by atoms with E-state index < -0.39 is 17.6 Å². The standard InChI is InChI=1S/C30H30N8O4/c1-30(2,36-16-22(39)17-36)12-19(13-31)28(40)35-14-21(15-35)38-27-25(26(32)33-18-34-27)37(29(38)41)20-8-10-24(11-9-20)42-23-6-4-3-5-7-23/h3-12,18,21-22,39H,14-17H2,1-2H3,(H2,32,33,34). The number of ether oxygens (including phenoxy) is 1. The van der Waals surface area contributed by atoms with Gasteiger partial charge in [0.25, 0.3) is 5.91 Å². The number of benzene rings is 2. The van der Waals surface area contributed by atoms with Crippen molar-refractivity contribution in [2.45, 2.75) is 31.5 Å². The van der Waals surface area contributed by atoms with E-state index in [1.165, 1.54) is 20.4 Å². The van der Waals surface area contributed by atoms with Crippen LogP contribution < -0.4 is 16.2 Å². The second kappa shape index (κ2) is 10.4. The summed E-state index contributed by atoms with van der Waals surface area (Å²) in [5.74, 6) is 1.05. The fourth-order valence-electron chi connectivity index (χ4n) is 5.39. The number of imidazole rings is 1. The van der Waals surface area contributed by atoms with Gasteiger partial charge in [0.2, 0.25) is 0 Å². The first kappa shape index (κ1) is 27.2. The molecule has 2 saturated heterocycles. The maximum absolute atomic E-state index is 13.8. The van der Waals surface area contributed by atoms with Crippen LogP contribution in [0, 0.1) is 11.3 Å². The predicted octanol–water partition coefficient (Wildman–Crippen LogP) is 2.25. The number of nitriles is 1. The molecule has 0 unspecified atom stereocenters. The average molecular weight is 567 g/mol. The van der Waals surface area contributed by atoms with E-state index in [2.05, 4.69) is 9.97 Å². The van der Waals surface area contributed by atoms with Crippen molar-refractivity contribution in [1.29, 1.82) is 5.26 Å². The Morgan fingerprint density at radius 1 is 1.07 bits per heavy atom. The molecule has 2 fully saturated rings. The molecule has 0 spiro atoms. The van der Waals surface area contributed by atoms with Gasteiger partial charge >= 0.3 is 5.69 Å². The van der Waals surface area contributed by atoms with Crippen LogP contribution in [0.25, 0.3) is 16.9 Å². The van der Waals surface area contributed by atoms with Gasteiger partial charge in [0.15, 0.2) is 11.5 Å². The minimum atomic E-state index is -0.565. The molecule has 42 heavy (non-hydrogen) atoms. The molecule has 0 aliphatic carbocycles. The number of β-amino-alcohol motifs (C(OH)–C–C–N with tert-alkyl or cyclic N) is 1. The summed E-state index contributed by atoms with van der Waals surface area (Å²) >= 11 is 0. The van der Waals surface area contributed by atoms with E-state index in [9.17, 15) is 20.0 Å². The van der Waals surface area contributed by atoms with Crippen LogP contribution in [0.3, 0.4) is 0 Å². The smallest absolute Gasteiger partial charge is 0.335 e. The predicted molar refractivity (Wildman–Crippen MR) is 155 cm³/mol. The van der Waals surface area contributed by atoms with Gasteiger partial charge in [-0.25, -0.2) is 14.8 Å². The number of hydrogen-bond acceptors (Lipinski definition) is 9. The van der Waals surface area contributed by atoms with Gasteiger partial charge in [0, 0.05) is 31.7 Å². The summed E-state index contributed by atoms with van der Waals surface area (Å²) in [5, 5.41) is 19.4. The summed E-state index contributed by atoms with van der Waals surface area (Å²) in [6.45, 7) is 5.25. The molecule has 1 amide bonds. The van der Waals surface area contributed by atoms with Crippen LogP contribution in [-0.4, -0.2) is 77.7 Å². The number of rotatable bonds is 7. The van der Waals surface area contributed by atoms with E-state index in [0.717, 1.165) is 0 Å². The van der Waals surface area contributed by atoms with Gasteiger partial charge in [-0.15, -0.1) is 0 Å². The largest absolute Gasteiger partial charge is 0.457 e. The third kappa shape index (κ3) is 4.78. The third-order valence-electron chi connectivity index (χ3n) is 7.79. The number of likely N-dealkylation sites (tertiary alicyclic amines) is 2. The average Bonchev–Trinajstić information content (AvgIpc) is 3.23. The van der Waals surface area contributed by atoms with Crippen LogP contribution in [-0.2, 0) is 4.79 Å². The van der Waals surface area contributed by atoms with E-state index in [4.69, 9.17) is 10.5 Å². The molecule has 3 N–H and O–H groups in total.